The van der Waals surface area contributed by atoms with E-state index in [0.29, 0.717) is 40.7 Å². The summed E-state index contributed by atoms with van der Waals surface area (Å²) in [6.07, 6.45) is 7.23. The smallest absolute Gasteiger partial charge is 0.203 e. The van der Waals surface area contributed by atoms with Crippen molar-refractivity contribution in [2.45, 2.75) is 6.42 Å². The Morgan fingerprint density at radius 1 is 0.730 bits per heavy atom. The van der Waals surface area contributed by atoms with Gasteiger partial charge in [-0.25, -0.2) is 0 Å². The Hall–Kier alpha value is -4.59. The van der Waals surface area contributed by atoms with Crippen LogP contribution < -0.4 is 23.7 Å². The van der Waals surface area contributed by atoms with E-state index in [0.717, 1.165) is 16.7 Å². The highest BCUT2D eigenvalue weighted by Gasteiger charge is 2.13. The molecule has 0 aliphatic rings. The largest absolute Gasteiger partial charge is 0.504 e. The Morgan fingerprint density at radius 3 is 1.92 bits per heavy atom. The first-order valence-corrected chi connectivity index (χ1v) is 11.3. The van der Waals surface area contributed by atoms with Crippen molar-refractivity contribution in [3.8, 4) is 40.2 Å². The van der Waals surface area contributed by atoms with Gasteiger partial charge in [0.25, 0.3) is 0 Å². The van der Waals surface area contributed by atoms with Gasteiger partial charge < -0.3 is 33.9 Å². The molecule has 0 aliphatic carbocycles. The third-order valence-electron chi connectivity index (χ3n) is 5.65. The highest BCUT2D eigenvalue weighted by Crippen LogP contribution is 2.39. The molecule has 0 aliphatic heterocycles. The first kappa shape index (κ1) is 27.0. The molecule has 8 nitrogen and oxygen atoms in total. The van der Waals surface area contributed by atoms with Gasteiger partial charge in [0.2, 0.25) is 5.75 Å². The molecule has 3 aromatic carbocycles. The second kappa shape index (κ2) is 12.4. The lowest BCUT2D eigenvalue weighted by Crippen LogP contribution is -1.96. The van der Waals surface area contributed by atoms with Crippen molar-refractivity contribution in [3.63, 3.8) is 0 Å². The van der Waals surface area contributed by atoms with E-state index >= 15 is 0 Å². The average Bonchev–Trinajstić information content (AvgIpc) is 2.91. The van der Waals surface area contributed by atoms with E-state index in [1.807, 2.05) is 24.3 Å². The number of carbonyl (C=O) groups excluding carboxylic acids is 1. The van der Waals surface area contributed by atoms with Crippen LogP contribution in [0.4, 0.5) is 0 Å². The van der Waals surface area contributed by atoms with Crippen LogP contribution in [-0.2, 0) is 6.42 Å². The van der Waals surface area contributed by atoms with Gasteiger partial charge in [0, 0.05) is 5.56 Å². The van der Waals surface area contributed by atoms with Gasteiger partial charge in [0.05, 0.1) is 35.5 Å². The molecule has 0 amide bonds. The lowest BCUT2D eigenvalue weighted by Gasteiger charge is -2.13. The first-order valence-electron chi connectivity index (χ1n) is 11.3. The molecule has 0 saturated carbocycles. The number of phenolic OH excluding ortho intramolecular Hbond substituents is 2. The summed E-state index contributed by atoms with van der Waals surface area (Å²) < 4.78 is 26.5. The summed E-state index contributed by atoms with van der Waals surface area (Å²) in [4.78, 5) is 12.6. The maximum Gasteiger partial charge on any atom is 0.203 e. The highest BCUT2D eigenvalue weighted by molar-refractivity contribution is 6.04. The summed E-state index contributed by atoms with van der Waals surface area (Å²) in [6.45, 7) is 0. The summed E-state index contributed by atoms with van der Waals surface area (Å²) in [7, 11) is 7.55. The number of benzene rings is 3. The molecule has 0 atom stereocenters. The number of hydrogen-bond donors (Lipinski definition) is 2. The van der Waals surface area contributed by atoms with Crippen LogP contribution in [0.2, 0.25) is 0 Å². The molecule has 0 fully saturated rings. The molecule has 2 N–H and O–H groups in total. The first-order chi connectivity index (χ1) is 17.8. The fraction of sp³-hybridized carbons (Fsp3) is 0.207. The van der Waals surface area contributed by atoms with Gasteiger partial charge >= 0.3 is 0 Å². The lowest BCUT2D eigenvalue weighted by atomic mass is 10.0. The number of ketones is 1. The quantitative estimate of drug-likeness (QED) is 0.205. The number of carbonyl (C=O) groups is 1. The monoisotopic (exact) mass is 506 g/mol. The molecular formula is C29H30O8. The van der Waals surface area contributed by atoms with E-state index in [1.54, 1.807) is 38.5 Å². The SMILES string of the molecule is COc1ccc(C(=O)/C=C\Cc2cc(OC)c(O)cc2/C=C\c2cc(OC)c(OC)c(OC)c2)cc1O. The Labute approximate surface area is 215 Å². The molecule has 37 heavy (non-hydrogen) atoms. The van der Waals surface area contributed by atoms with E-state index in [9.17, 15) is 15.0 Å². The van der Waals surface area contributed by atoms with Crippen molar-refractivity contribution < 1.29 is 38.7 Å². The number of aromatic hydroxyl groups is 2. The van der Waals surface area contributed by atoms with Crippen LogP contribution in [0.15, 0.2) is 54.6 Å². The van der Waals surface area contributed by atoms with Crippen LogP contribution >= 0.6 is 0 Å². The maximum absolute atomic E-state index is 12.6. The topological polar surface area (TPSA) is 104 Å². The zero-order valence-corrected chi connectivity index (χ0v) is 21.4. The van der Waals surface area contributed by atoms with E-state index < -0.39 is 0 Å². The van der Waals surface area contributed by atoms with Crippen LogP contribution in [0.1, 0.15) is 27.0 Å². The van der Waals surface area contributed by atoms with E-state index in [-0.39, 0.29) is 17.3 Å². The van der Waals surface area contributed by atoms with Gasteiger partial charge in [-0.05, 0) is 71.7 Å². The van der Waals surface area contributed by atoms with E-state index in [2.05, 4.69) is 0 Å². The summed E-state index contributed by atoms with van der Waals surface area (Å²) in [5.41, 5.74) is 2.67. The molecule has 0 bridgehead atoms. The Bertz CT molecular complexity index is 1300. The van der Waals surface area contributed by atoms with Crippen molar-refractivity contribution >= 4 is 17.9 Å². The minimum atomic E-state index is -0.266. The third kappa shape index (κ3) is 6.35. The van der Waals surface area contributed by atoms with Gasteiger partial charge in [0.15, 0.2) is 40.3 Å². The molecule has 194 valence electrons. The van der Waals surface area contributed by atoms with Crippen molar-refractivity contribution in [2.75, 3.05) is 35.5 Å². The zero-order chi connectivity index (χ0) is 26.9. The molecular weight excluding hydrogens is 476 g/mol. The number of allylic oxidation sites excluding steroid dienone is 2. The highest BCUT2D eigenvalue weighted by atomic mass is 16.5. The van der Waals surface area contributed by atoms with Gasteiger partial charge in [-0.1, -0.05) is 18.2 Å². The molecule has 0 spiro atoms. The van der Waals surface area contributed by atoms with Gasteiger partial charge in [-0.15, -0.1) is 0 Å². The summed E-state index contributed by atoms with van der Waals surface area (Å²) in [5.74, 6) is 1.76. The summed E-state index contributed by atoms with van der Waals surface area (Å²) in [6, 6.07) is 11.4. The Kier molecular flexibility index (Phi) is 9.05. The molecule has 0 heterocycles. The fourth-order valence-corrected chi connectivity index (χ4v) is 3.74. The van der Waals surface area contributed by atoms with E-state index in [1.165, 1.54) is 39.5 Å². The summed E-state index contributed by atoms with van der Waals surface area (Å²) >= 11 is 0. The average molecular weight is 507 g/mol. The van der Waals surface area contributed by atoms with Crippen molar-refractivity contribution in [1.29, 1.82) is 0 Å². The number of rotatable bonds is 11. The van der Waals surface area contributed by atoms with Crippen molar-refractivity contribution in [3.05, 3.63) is 76.9 Å². The number of phenols is 2. The molecule has 8 heteroatoms. The van der Waals surface area contributed by atoms with Crippen LogP contribution in [0.5, 0.6) is 40.2 Å². The molecule has 3 aromatic rings. The van der Waals surface area contributed by atoms with Crippen LogP contribution in [0.25, 0.3) is 12.2 Å². The third-order valence-corrected chi connectivity index (χ3v) is 5.65. The molecule has 3 rings (SSSR count). The van der Waals surface area contributed by atoms with Crippen LogP contribution in [0, 0.1) is 0 Å². The molecule has 0 radical (unpaired) electrons. The zero-order valence-electron chi connectivity index (χ0n) is 21.4. The Morgan fingerprint density at radius 2 is 1.35 bits per heavy atom. The van der Waals surface area contributed by atoms with Crippen LogP contribution in [0.3, 0.4) is 0 Å². The maximum atomic E-state index is 12.6. The Balaban J connectivity index is 1.89. The van der Waals surface area contributed by atoms with Crippen LogP contribution in [-0.4, -0.2) is 51.5 Å². The van der Waals surface area contributed by atoms with Crippen molar-refractivity contribution in [1.82, 2.24) is 0 Å². The lowest BCUT2D eigenvalue weighted by molar-refractivity contribution is 0.104. The standard InChI is InChI=1S/C29H30O8/c1-33-25-12-11-21(16-23(25)31)22(30)8-6-7-19-17-26(34-2)24(32)15-20(19)10-9-18-13-27(35-3)29(37-5)28(14-18)36-4/h6,8-17,31-32H,7H2,1-5H3/b8-6-,10-9-. The number of hydrogen-bond acceptors (Lipinski definition) is 8. The van der Waals surface area contributed by atoms with Crippen molar-refractivity contribution in [2.24, 2.45) is 0 Å². The predicted molar refractivity (Wildman–Crippen MR) is 142 cm³/mol. The number of methoxy groups -OCH3 is 5. The predicted octanol–water partition coefficient (Wildman–Crippen LogP) is 5.29. The summed E-state index contributed by atoms with van der Waals surface area (Å²) in [5, 5.41) is 20.3. The number of ether oxygens (including phenoxy) is 5. The second-order valence-corrected chi connectivity index (χ2v) is 7.87. The fourth-order valence-electron chi connectivity index (χ4n) is 3.74. The molecule has 0 aromatic heterocycles. The van der Waals surface area contributed by atoms with Gasteiger partial charge in [-0.2, -0.15) is 0 Å². The normalized spacial score (nSPS) is 11.1. The van der Waals surface area contributed by atoms with Gasteiger partial charge in [-0.3, -0.25) is 4.79 Å². The second-order valence-electron chi connectivity index (χ2n) is 7.87. The molecule has 0 unspecified atom stereocenters. The minimum Gasteiger partial charge on any atom is -0.504 e. The van der Waals surface area contributed by atoms with E-state index in [4.69, 9.17) is 23.7 Å². The molecule has 0 saturated heterocycles. The minimum absolute atomic E-state index is 0.00967. The van der Waals surface area contributed by atoms with Gasteiger partial charge in [0.1, 0.15) is 0 Å².